The molecule has 1 heterocycles. The van der Waals surface area contributed by atoms with Crippen LogP contribution in [-0.2, 0) is 0 Å². The van der Waals surface area contributed by atoms with Gasteiger partial charge in [-0.1, -0.05) is 11.6 Å². The molecular formula is C16H6ClF3N2O5. The molecule has 3 aromatic rings. The SMILES string of the molecule is O=C(O)c1cn(-c2ccc(F)c([N+](=O)[O-])c2)c2c(Cl)c(F)c(F)cc2c1=O. The first-order chi connectivity index (χ1) is 12.6. The number of aromatic nitrogens is 1. The molecule has 0 aliphatic carbocycles. The molecular weight excluding hydrogens is 393 g/mol. The van der Waals surface area contributed by atoms with Crippen LogP contribution in [0, 0.1) is 27.6 Å². The van der Waals surface area contributed by atoms with Crippen molar-refractivity contribution in [3.63, 3.8) is 0 Å². The largest absolute Gasteiger partial charge is 0.477 e. The quantitative estimate of drug-likeness (QED) is 0.412. The van der Waals surface area contributed by atoms with E-state index in [2.05, 4.69) is 0 Å². The number of nitro benzene ring substituents is 1. The molecule has 7 nitrogen and oxygen atoms in total. The second-order valence-electron chi connectivity index (χ2n) is 5.32. The fraction of sp³-hybridized carbons (Fsp3) is 0. The second kappa shape index (κ2) is 6.40. The number of fused-ring (bicyclic) bond motifs is 1. The third-order valence-corrected chi connectivity index (χ3v) is 4.10. The lowest BCUT2D eigenvalue weighted by Crippen LogP contribution is -2.19. The maximum Gasteiger partial charge on any atom is 0.341 e. The molecule has 138 valence electrons. The van der Waals surface area contributed by atoms with Gasteiger partial charge in [0.15, 0.2) is 11.6 Å². The Hall–Kier alpha value is -3.40. The van der Waals surface area contributed by atoms with Gasteiger partial charge in [-0.2, -0.15) is 4.39 Å². The number of hydrogen-bond donors (Lipinski definition) is 1. The van der Waals surface area contributed by atoms with Gasteiger partial charge in [0.05, 0.1) is 21.5 Å². The van der Waals surface area contributed by atoms with E-state index in [9.17, 15) is 38.0 Å². The Labute approximate surface area is 152 Å². The number of halogens is 4. The van der Waals surface area contributed by atoms with Crippen molar-refractivity contribution in [1.29, 1.82) is 0 Å². The van der Waals surface area contributed by atoms with Gasteiger partial charge in [-0.3, -0.25) is 14.9 Å². The van der Waals surface area contributed by atoms with Crippen molar-refractivity contribution < 1.29 is 28.0 Å². The van der Waals surface area contributed by atoms with Crippen molar-refractivity contribution in [3.05, 3.63) is 78.8 Å². The van der Waals surface area contributed by atoms with Crippen molar-refractivity contribution in [2.45, 2.75) is 0 Å². The summed E-state index contributed by atoms with van der Waals surface area (Å²) in [6.45, 7) is 0. The fourth-order valence-corrected chi connectivity index (χ4v) is 2.82. The first kappa shape index (κ1) is 18.4. The van der Waals surface area contributed by atoms with Gasteiger partial charge in [-0.25, -0.2) is 13.6 Å². The van der Waals surface area contributed by atoms with Crippen LogP contribution in [0.1, 0.15) is 10.4 Å². The molecule has 27 heavy (non-hydrogen) atoms. The van der Waals surface area contributed by atoms with Crippen LogP contribution < -0.4 is 5.43 Å². The summed E-state index contributed by atoms with van der Waals surface area (Å²) in [5, 5.41) is 18.7. The van der Waals surface area contributed by atoms with Crippen LogP contribution in [0.2, 0.25) is 5.02 Å². The van der Waals surface area contributed by atoms with E-state index in [0.29, 0.717) is 6.07 Å². The van der Waals surface area contributed by atoms with Crippen molar-refractivity contribution >= 4 is 34.2 Å². The number of rotatable bonds is 3. The maximum atomic E-state index is 13.9. The minimum Gasteiger partial charge on any atom is -0.477 e. The minimum atomic E-state index is -1.67. The molecule has 0 spiro atoms. The summed E-state index contributed by atoms with van der Waals surface area (Å²) >= 11 is 5.79. The normalized spacial score (nSPS) is 11.0. The molecule has 0 unspecified atom stereocenters. The molecule has 0 saturated heterocycles. The molecule has 0 amide bonds. The molecule has 3 rings (SSSR count). The summed E-state index contributed by atoms with van der Waals surface area (Å²) in [6, 6.07) is 2.96. The summed E-state index contributed by atoms with van der Waals surface area (Å²) in [7, 11) is 0. The van der Waals surface area contributed by atoms with Gasteiger partial charge in [-0.05, 0) is 18.2 Å². The van der Waals surface area contributed by atoms with Crippen LogP contribution in [0.5, 0.6) is 0 Å². The zero-order valence-corrected chi connectivity index (χ0v) is 13.6. The molecule has 0 radical (unpaired) electrons. The van der Waals surface area contributed by atoms with E-state index in [4.69, 9.17) is 11.6 Å². The Bertz CT molecular complexity index is 1210. The van der Waals surface area contributed by atoms with E-state index in [0.717, 1.165) is 29.0 Å². The molecule has 1 N–H and O–H groups in total. The number of carbonyl (C=O) groups is 1. The molecule has 0 aliphatic rings. The average Bonchev–Trinajstić information content (AvgIpc) is 2.60. The monoisotopic (exact) mass is 398 g/mol. The van der Waals surface area contributed by atoms with Gasteiger partial charge >= 0.3 is 11.7 Å². The van der Waals surface area contributed by atoms with Gasteiger partial charge in [-0.15, -0.1) is 0 Å². The Morgan fingerprint density at radius 1 is 1.19 bits per heavy atom. The summed E-state index contributed by atoms with van der Waals surface area (Å²) in [5.74, 6) is -5.83. The average molecular weight is 399 g/mol. The van der Waals surface area contributed by atoms with E-state index in [1.54, 1.807) is 0 Å². The molecule has 0 fully saturated rings. The van der Waals surface area contributed by atoms with Gasteiger partial charge in [0.1, 0.15) is 10.6 Å². The predicted molar refractivity (Wildman–Crippen MR) is 88.0 cm³/mol. The third-order valence-electron chi connectivity index (χ3n) is 3.76. The highest BCUT2D eigenvalue weighted by Crippen LogP contribution is 2.31. The molecule has 1 aromatic heterocycles. The Balaban J connectivity index is 2.53. The molecule has 0 aliphatic heterocycles. The lowest BCUT2D eigenvalue weighted by atomic mass is 10.1. The lowest BCUT2D eigenvalue weighted by molar-refractivity contribution is -0.387. The number of nitro groups is 1. The highest BCUT2D eigenvalue weighted by molar-refractivity contribution is 6.35. The summed E-state index contributed by atoms with van der Waals surface area (Å²) < 4.78 is 42.0. The van der Waals surface area contributed by atoms with E-state index in [1.807, 2.05) is 0 Å². The number of nitrogens with zero attached hydrogens (tertiary/aromatic N) is 2. The number of aromatic carboxylic acids is 1. The van der Waals surface area contributed by atoms with Crippen LogP contribution in [0.3, 0.4) is 0 Å². The lowest BCUT2D eigenvalue weighted by Gasteiger charge is -2.14. The van der Waals surface area contributed by atoms with Crippen molar-refractivity contribution in [3.8, 4) is 5.69 Å². The van der Waals surface area contributed by atoms with E-state index in [1.165, 1.54) is 0 Å². The highest BCUT2D eigenvalue weighted by atomic mass is 35.5. The number of benzene rings is 2. The minimum absolute atomic E-state index is 0.191. The first-order valence-corrected chi connectivity index (χ1v) is 7.41. The smallest absolute Gasteiger partial charge is 0.341 e. The molecule has 0 atom stereocenters. The highest BCUT2D eigenvalue weighted by Gasteiger charge is 2.23. The van der Waals surface area contributed by atoms with Crippen LogP contribution in [0.15, 0.2) is 35.3 Å². The van der Waals surface area contributed by atoms with Gasteiger partial charge in [0, 0.05) is 12.3 Å². The maximum absolute atomic E-state index is 13.9. The third kappa shape index (κ3) is 2.89. The van der Waals surface area contributed by atoms with Gasteiger partial charge in [0.25, 0.3) is 0 Å². The Morgan fingerprint density at radius 3 is 2.44 bits per heavy atom. The second-order valence-corrected chi connectivity index (χ2v) is 5.70. The van der Waals surface area contributed by atoms with E-state index in [-0.39, 0.29) is 5.69 Å². The zero-order valence-electron chi connectivity index (χ0n) is 12.9. The van der Waals surface area contributed by atoms with Gasteiger partial charge < -0.3 is 9.67 Å². The molecule has 11 heteroatoms. The van der Waals surface area contributed by atoms with Crippen molar-refractivity contribution in [2.24, 2.45) is 0 Å². The molecule has 0 bridgehead atoms. The summed E-state index contributed by atoms with van der Waals surface area (Å²) in [5.41, 5.74) is -3.52. The van der Waals surface area contributed by atoms with Crippen molar-refractivity contribution in [1.82, 2.24) is 4.57 Å². The number of carboxylic acid groups (broad SMARTS) is 1. The van der Waals surface area contributed by atoms with Crippen LogP contribution in [-0.4, -0.2) is 20.6 Å². The first-order valence-electron chi connectivity index (χ1n) is 7.04. The van der Waals surface area contributed by atoms with Crippen LogP contribution in [0.25, 0.3) is 16.6 Å². The summed E-state index contributed by atoms with van der Waals surface area (Å²) in [4.78, 5) is 33.5. The molecule has 2 aromatic carbocycles. The van der Waals surface area contributed by atoms with E-state index >= 15 is 0 Å². The topological polar surface area (TPSA) is 102 Å². The number of carboxylic acids is 1. The predicted octanol–water partition coefficient (Wildman–Crippen LogP) is 3.67. The van der Waals surface area contributed by atoms with Crippen molar-refractivity contribution in [2.75, 3.05) is 0 Å². The fourth-order valence-electron chi connectivity index (χ4n) is 2.54. The van der Waals surface area contributed by atoms with E-state index < -0.39 is 60.9 Å². The molecule has 0 saturated carbocycles. The Kier molecular flexibility index (Phi) is 4.36. The number of hydrogen-bond acceptors (Lipinski definition) is 4. The summed E-state index contributed by atoms with van der Waals surface area (Å²) in [6.07, 6.45) is 0.743. The zero-order chi connectivity index (χ0) is 20.0. The number of pyridine rings is 1. The van der Waals surface area contributed by atoms with Crippen LogP contribution >= 0.6 is 11.6 Å². The van der Waals surface area contributed by atoms with Gasteiger partial charge in [0.2, 0.25) is 11.2 Å². The standard InChI is InChI=1S/C16H6ClF3N2O5/c17-12-13(20)10(19)4-7-14(12)21(5-8(15(7)23)16(24)25)6-1-2-9(18)11(3-6)22(26)27/h1-5H,(H,24,25). The van der Waals surface area contributed by atoms with Crippen LogP contribution in [0.4, 0.5) is 18.9 Å². The Morgan fingerprint density at radius 2 is 1.85 bits per heavy atom.